The van der Waals surface area contributed by atoms with Crippen molar-refractivity contribution < 1.29 is 9.47 Å². The summed E-state index contributed by atoms with van der Waals surface area (Å²) < 4.78 is 12.8. The Balaban J connectivity index is 2.98. The molecule has 2 atom stereocenters. The third-order valence-electron chi connectivity index (χ3n) is 3.65. The van der Waals surface area contributed by atoms with Crippen molar-refractivity contribution in [1.82, 2.24) is 0 Å². The van der Waals surface area contributed by atoms with Gasteiger partial charge in [-0.25, -0.2) is 0 Å². The lowest BCUT2D eigenvalue weighted by molar-refractivity contribution is -0.217. The molecule has 20 heavy (non-hydrogen) atoms. The minimum Gasteiger partial charge on any atom is -0.370 e. The van der Waals surface area contributed by atoms with Gasteiger partial charge in [-0.2, -0.15) is 0 Å². The van der Waals surface area contributed by atoms with E-state index in [4.69, 9.17) is 9.47 Å². The third kappa shape index (κ3) is 5.97. The van der Waals surface area contributed by atoms with Crippen LogP contribution in [0.25, 0.3) is 0 Å². The van der Waals surface area contributed by atoms with Gasteiger partial charge in [0.1, 0.15) is 0 Å². The Morgan fingerprint density at radius 2 is 1.70 bits per heavy atom. The topological polar surface area (TPSA) is 18.5 Å². The fourth-order valence-electron chi connectivity index (χ4n) is 2.92. The van der Waals surface area contributed by atoms with Gasteiger partial charge in [0.25, 0.3) is 0 Å². The van der Waals surface area contributed by atoms with E-state index < -0.39 is 0 Å². The molecule has 0 saturated heterocycles. The average molecular weight is 282 g/mol. The van der Waals surface area contributed by atoms with Crippen LogP contribution < -0.4 is 0 Å². The number of allylic oxidation sites excluding steroid dienone is 2. The summed E-state index contributed by atoms with van der Waals surface area (Å²) in [7, 11) is 0. The van der Waals surface area contributed by atoms with Gasteiger partial charge in [0, 0.05) is 0 Å². The zero-order chi connectivity index (χ0) is 15.6. The van der Waals surface area contributed by atoms with Crippen LogP contribution in [0.3, 0.4) is 0 Å². The van der Waals surface area contributed by atoms with Crippen molar-refractivity contribution >= 4 is 0 Å². The Hall–Kier alpha value is -0.340. The fraction of sp³-hybridized carbons (Fsp3) is 0.889. The minimum atomic E-state index is -0.221. The van der Waals surface area contributed by atoms with Gasteiger partial charge in [-0.05, 0) is 81.1 Å². The van der Waals surface area contributed by atoms with E-state index in [1.165, 1.54) is 5.57 Å². The maximum atomic E-state index is 6.46. The molecule has 1 aliphatic rings. The predicted octanol–water partition coefficient (Wildman–Crippen LogP) is 5.26. The van der Waals surface area contributed by atoms with Crippen molar-refractivity contribution in [1.29, 1.82) is 0 Å². The van der Waals surface area contributed by atoms with Crippen molar-refractivity contribution in [3.63, 3.8) is 0 Å². The average Bonchev–Trinajstić information content (AvgIpc) is 2.19. The van der Waals surface area contributed by atoms with Gasteiger partial charge in [-0.15, -0.1) is 0 Å². The highest BCUT2D eigenvalue weighted by atomic mass is 16.6. The highest BCUT2D eigenvalue weighted by Crippen LogP contribution is 2.36. The second kappa shape index (κ2) is 6.19. The lowest BCUT2D eigenvalue weighted by Gasteiger charge is -2.45. The Morgan fingerprint density at radius 3 is 2.20 bits per heavy atom. The fourth-order valence-corrected chi connectivity index (χ4v) is 2.92. The first-order valence-corrected chi connectivity index (χ1v) is 7.95. The van der Waals surface area contributed by atoms with Gasteiger partial charge in [0.2, 0.25) is 0 Å². The molecule has 0 fully saturated rings. The van der Waals surface area contributed by atoms with Gasteiger partial charge < -0.3 is 9.47 Å². The van der Waals surface area contributed by atoms with Gasteiger partial charge in [-0.1, -0.05) is 11.6 Å². The standard InChI is InChI=1S/C18H34O2/c1-14-10-9-11-15(19-16(2,3)4)18(8,13-12-14)20-17(5,6)7/h10,15H,9,11-13H2,1-8H3. The molecule has 0 radical (unpaired) electrons. The molecule has 0 aromatic heterocycles. The Bertz CT molecular complexity index is 343. The smallest absolute Gasteiger partial charge is 0.0925 e. The molecule has 1 aliphatic carbocycles. The summed E-state index contributed by atoms with van der Waals surface area (Å²) in [5.41, 5.74) is 0.972. The van der Waals surface area contributed by atoms with Gasteiger partial charge >= 0.3 is 0 Å². The van der Waals surface area contributed by atoms with Crippen molar-refractivity contribution in [3.05, 3.63) is 11.6 Å². The van der Waals surface area contributed by atoms with E-state index in [2.05, 4.69) is 61.5 Å². The van der Waals surface area contributed by atoms with Gasteiger partial charge in [0.15, 0.2) is 0 Å². The molecule has 1 rings (SSSR count). The SMILES string of the molecule is CC1=CCCC(OC(C)(C)C)C(C)(OC(C)(C)C)CC1. The van der Waals surface area contributed by atoms with E-state index in [0.29, 0.717) is 0 Å². The summed E-state index contributed by atoms with van der Waals surface area (Å²) >= 11 is 0. The highest BCUT2D eigenvalue weighted by molar-refractivity contribution is 5.04. The quantitative estimate of drug-likeness (QED) is 0.643. The van der Waals surface area contributed by atoms with Crippen LogP contribution in [0.1, 0.15) is 81.1 Å². The molecule has 0 saturated carbocycles. The maximum Gasteiger partial charge on any atom is 0.0925 e. The van der Waals surface area contributed by atoms with Crippen molar-refractivity contribution in [2.75, 3.05) is 0 Å². The molecule has 0 N–H and O–H groups in total. The minimum absolute atomic E-state index is 0.134. The Labute approximate surface area is 125 Å². The van der Waals surface area contributed by atoms with E-state index in [1.54, 1.807) is 0 Å². The summed E-state index contributed by atoms with van der Waals surface area (Å²) in [5, 5.41) is 0. The van der Waals surface area contributed by atoms with E-state index in [9.17, 15) is 0 Å². The van der Waals surface area contributed by atoms with Crippen molar-refractivity contribution in [3.8, 4) is 0 Å². The second-order valence-corrected chi connectivity index (χ2v) is 8.37. The molecule has 0 aromatic rings. The lowest BCUT2D eigenvalue weighted by atomic mass is 9.84. The maximum absolute atomic E-state index is 6.46. The van der Waals surface area contributed by atoms with Crippen LogP contribution in [-0.2, 0) is 9.47 Å². The molecule has 0 aromatic carbocycles. The number of hydrogen-bond donors (Lipinski definition) is 0. The first-order chi connectivity index (χ1) is 8.91. The molecular formula is C18H34O2. The first kappa shape index (κ1) is 17.7. The summed E-state index contributed by atoms with van der Waals surface area (Å²) in [4.78, 5) is 0. The monoisotopic (exact) mass is 282 g/mol. The number of hydrogen-bond acceptors (Lipinski definition) is 2. The Kier molecular flexibility index (Phi) is 5.48. The molecule has 118 valence electrons. The van der Waals surface area contributed by atoms with E-state index >= 15 is 0 Å². The van der Waals surface area contributed by atoms with E-state index in [-0.39, 0.29) is 22.9 Å². The molecule has 2 heteroatoms. The highest BCUT2D eigenvalue weighted by Gasteiger charge is 2.41. The predicted molar refractivity (Wildman–Crippen MR) is 86.1 cm³/mol. The summed E-state index contributed by atoms with van der Waals surface area (Å²) in [5.74, 6) is 0. The first-order valence-electron chi connectivity index (χ1n) is 7.95. The van der Waals surface area contributed by atoms with Crippen LogP contribution in [-0.4, -0.2) is 22.9 Å². The van der Waals surface area contributed by atoms with Crippen LogP contribution in [0.4, 0.5) is 0 Å². The largest absolute Gasteiger partial charge is 0.370 e. The Morgan fingerprint density at radius 1 is 1.10 bits per heavy atom. The van der Waals surface area contributed by atoms with Crippen LogP contribution >= 0.6 is 0 Å². The lowest BCUT2D eigenvalue weighted by Crippen LogP contribution is -2.50. The number of ether oxygens (including phenoxy) is 2. The number of rotatable bonds is 2. The zero-order valence-corrected chi connectivity index (χ0v) is 14.8. The molecular weight excluding hydrogens is 248 g/mol. The van der Waals surface area contributed by atoms with Crippen LogP contribution in [0, 0.1) is 0 Å². The molecule has 0 amide bonds. The zero-order valence-electron chi connectivity index (χ0n) is 14.8. The molecule has 0 bridgehead atoms. The van der Waals surface area contributed by atoms with Crippen LogP contribution in [0.2, 0.25) is 0 Å². The summed E-state index contributed by atoms with van der Waals surface area (Å²) in [6, 6.07) is 0. The second-order valence-electron chi connectivity index (χ2n) is 8.37. The van der Waals surface area contributed by atoms with Crippen molar-refractivity contribution in [2.24, 2.45) is 0 Å². The van der Waals surface area contributed by atoms with E-state index in [0.717, 1.165) is 25.7 Å². The molecule has 0 spiro atoms. The molecule has 0 heterocycles. The van der Waals surface area contributed by atoms with Crippen LogP contribution in [0.15, 0.2) is 11.6 Å². The van der Waals surface area contributed by atoms with Crippen molar-refractivity contribution in [2.45, 2.75) is 104 Å². The molecule has 0 aliphatic heterocycles. The third-order valence-corrected chi connectivity index (χ3v) is 3.65. The van der Waals surface area contributed by atoms with E-state index in [1.807, 2.05) is 0 Å². The molecule has 2 nitrogen and oxygen atoms in total. The van der Waals surface area contributed by atoms with Gasteiger partial charge in [0.05, 0.1) is 22.9 Å². The normalized spacial score (nSPS) is 29.6. The molecule has 2 unspecified atom stereocenters. The van der Waals surface area contributed by atoms with Gasteiger partial charge in [-0.3, -0.25) is 0 Å². The summed E-state index contributed by atoms with van der Waals surface area (Å²) in [6.07, 6.45) is 6.72. The summed E-state index contributed by atoms with van der Waals surface area (Å²) in [6.45, 7) is 17.2. The van der Waals surface area contributed by atoms with Crippen LogP contribution in [0.5, 0.6) is 0 Å².